The summed E-state index contributed by atoms with van der Waals surface area (Å²) in [5, 5.41) is 21.7. The molecule has 0 saturated carbocycles. The summed E-state index contributed by atoms with van der Waals surface area (Å²) in [7, 11) is 0. The molecule has 25 heavy (non-hydrogen) atoms. The van der Waals surface area contributed by atoms with Crippen LogP contribution in [-0.4, -0.2) is 12.0 Å². The molecule has 3 rings (SSSR count). The Morgan fingerprint density at radius 3 is 2.60 bits per heavy atom. The maximum absolute atomic E-state index is 12.4. The first kappa shape index (κ1) is 17.0. The Kier molecular flexibility index (Phi) is 5.02. The summed E-state index contributed by atoms with van der Waals surface area (Å²) in [4.78, 5) is 13.6. The molecule has 1 atom stereocenters. The second-order valence-electron chi connectivity index (χ2n) is 5.91. The summed E-state index contributed by atoms with van der Waals surface area (Å²) in [6.07, 6.45) is 3.39. The van der Waals surface area contributed by atoms with Gasteiger partial charge in [-0.05, 0) is 62.4 Å². The number of hydrogen-bond acceptors (Lipinski definition) is 5. The molecular formula is C19H17N3O2S. The van der Waals surface area contributed by atoms with E-state index >= 15 is 0 Å². The van der Waals surface area contributed by atoms with Crippen molar-refractivity contribution in [1.82, 2.24) is 0 Å². The molecule has 0 aliphatic heterocycles. The summed E-state index contributed by atoms with van der Waals surface area (Å²) in [6.45, 7) is 1.66. The molecule has 1 unspecified atom stereocenters. The first-order chi connectivity index (χ1) is 12.1. The molecular weight excluding hydrogens is 334 g/mol. The number of nitrogens with zero attached hydrogens (tertiary/aromatic N) is 2. The van der Waals surface area contributed by atoms with Crippen LogP contribution >= 0.6 is 11.3 Å². The van der Waals surface area contributed by atoms with Gasteiger partial charge < -0.3 is 10.1 Å². The monoisotopic (exact) mass is 351 g/mol. The van der Waals surface area contributed by atoms with Crippen LogP contribution in [0.3, 0.4) is 0 Å². The molecule has 1 aromatic carbocycles. The van der Waals surface area contributed by atoms with Crippen molar-refractivity contribution in [3.05, 3.63) is 45.8 Å². The number of carbonyl (C=O) groups excluding carboxylic acids is 1. The van der Waals surface area contributed by atoms with Crippen molar-refractivity contribution in [2.45, 2.75) is 38.7 Å². The fourth-order valence-corrected chi connectivity index (χ4v) is 4.09. The van der Waals surface area contributed by atoms with E-state index in [1.54, 1.807) is 31.2 Å². The van der Waals surface area contributed by atoms with Gasteiger partial charge in [0.25, 0.3) is 5.91 Å². The quantitative estimate of drug-likeness (QED) is 0.908. The fourth-order valence-electron chi connectivity index (χ4n) is 2.85. The number of nitriles is 2. The van der Waals surface area contributed by atoms with Gasteiger partial charge >= 0.3 is 0 Å². The molecule has 2 aromatic rings. The minimum atomic E-state index is -0.710. The highest BCUT2D eigenvalue weighted by atomic mass is 32.1. The summed E-state index contributed by atoms with van der Waals surface area (Å²) >= 11 is 1.50. The lowest BCUT2D eigenvalue weighted by Gasteiger charge is -2.14. The third-order valence-corrected chi connectivity index (χ3v) is 5.39. The Morgan fingerprint density at radius 2 is 1.92 bits per heavy atom. The minimum absolute atomic E-state index is 0.292. The zero-order valence-corrected chi connectivity index (χ0v) is 14.7. The molecule has 5 nitrogen and oxygen atoms in total. The summed E-state index contributed by atoms with van der Waals surface area (Å²) in [6, 6.07) is 10.9. The van der Waals surface area contributed by atoms with E-state index in [2.05, 4.69) is 11.4 Å². The first-order valence-corrected chi connectivity index (χ1v) is 8.96. The van der Waals surface area contributed by atoms with Crippen molar-refractivity contribution in [3.8, 4) is 17.9 Å². The van der Waals surface area contributed by atoms with Crippen LogP contribution in [0, 0.1) is 22.7 Å². The summed E-state index contributed by atoms with van der Waals surface area (Å²) in [5.74, 6) is 0.229. The highest BCUT2D eigenvalue weighted by molar-refractivity contribution is 7.16. The van der Waals surface area contributed by atoms with Gasteiger partial charge in [0.05, 0.1) is 17.2 Å². The van der Waals surface area contributed by atoms with Crippen LogP contribution in [0.15, 0.2) is 24.3 Å². The van der Waals surface area contributed by atoms with Crippen molar-refractivity contribution in [2.75, 3.05) is 5.32 Å². The normalized spacial score (nSPS) is 13.9. The highest BCUT2D eigenvalue weighted by Gasteiger charge is 2.23. The van der Waals surface area contributed by atoms with Crippen LogP contribution in [0.1, 0.15) is 41.3 Å². The average molecular weight is 351 g/mol. The molecule has 0 spiro atoms. The SMILES string of the molecule is CC(Oc1ccc(C#N)cc1)C(=O)Nc1sc2c(c1C#N)CCCC2. The molecule has 0 radical (unpaired) electrons. The van der Waals surface area contributed by atoms with E-state index in [1.807, 2.05) is 6.07 Å². The molecule has 0 fully saturated rings. The topological polar surface area (TPSA) is 85.9 Å². The van der Waals surface area contributed by atoms with Crippen molar-refractivity contribution in [2.24, 2.45) is 0 Å². The van der Waals surface area contributed by atoms with E-state index in [1.165, 1.54) is 16.2 Å². The number of benzene rings is 1. The van der Waals surface area contributed by atoms with E-state index < -0.39 is 6.10 Å². The van der Waals surface area contributed by atoms with Gasteiger partial charge in [-0.2, -0.15) is 10.5 Å². The first-order valence-electron chi connectivity index (χ1n) is 8.14. The summed E-state index contributed by atoms with van der Waals surface area (Å²) < 4.78 is 5.62. The number of aryl methyl sites for hydroxylation is 1. The molecule has 0 bridgehead atoms. The van der Waals surface area contributed by atoms with Crippen LogP contribution in [0.5, 0.6) is 5.75 Å². The number of rotatable bonds is 4. The van der Waals surface area contributed by atoms with Crippen LogP contribution < -0.4 is 10.1 Å². The maximum atomic E-state index is 12.4. The van der Waals surface area contributed by atoms with Crippen molar-refractivity contribution >= 4 is 22.2 Å². The Labute approximate surface area is 150 Å². The van der Waals surface area contributed by atoms with Gasteiger partial charge in [0.15, 0.2) is 6.10 Å². The van der Waals surface area contributed by atoms with Gasteiger partial charge in [0.1, 0.15) is 16.8 Å². The van der Waals surface area contributed by atoms with Gasteiger partial charge in [-0.1, -0.05) is 0 Å². The largest absolute Gasteiger partial charge is 0.481 e. The summed E-state index contributed by atoms with van der Waals surface area (Å²) in [5.41, 5.74) is 2.22. The lowest BCUT2D eigenvalue weighted by atomic mass is 9.96. The minimum Gasteiger partial charge on any atom is -0.481 e. The zero-order valence-electron chi connectivity index (χ0n) is 13.8. The van der Waals surface area contributed by atoms with Gasteiger partial charge in [-0.3, -0.25) is 4.79 Å². The van der Waals surface area contributed by atoms with Crippen molar-refractivity contribution in [3.63, 3.8) is 0 Å². The lowest BCUT2D eigenvalue weighted by Crippen LogP contribution is -2.30. The third-order valence-electron chi connectivity index (χ3n) is 4.19. The lowest BCUT2D eigenvalue weighted by molar-refractivity contribution is -0.122. The van der Waals surface area contributed by atoms with Gasteiger partial charge in [0.2, 0.25) is 0 Å². The number of amides is 1. The fraction of sp³-hybridized carbons (Fsp3) is 0.316. The van der Waals surface area contributed by atoms with Gasteiger partial charge in [-0.25, -0.2) is 0 Å². The number of ether oxygens (including phenoxy) is 1. The van der Waals surface area contributed by atoms with Crippen LogP contribution in [0.2, 0.25) is 0 Å². The molecule has 1 heterocycles. The Hall–Kier alpha value is -2.83. The Balaban J connectivity index is 1.70. The molecule has 1 aliphatic rings. The van der Waals surface area contributed by atoms with Gasteiger partial charge in [0, 0.05) is 4.88 Å². The maximum Gasteiger partial charge on any atom is 0.265 e. The molecule has 6 heteroatoms. The standard InChI is InChI=1S/C19H17N3O2S/c1-12(24-14-8-6-13(10-20)7-9-14)18(23)22-19-16(11-21)15-4-2-3-5-17(15)25-19/h6-9,12H,2-5H2,1H3,(H,22,23). The number of thiophene rings is 1. The number of anilines is 1. The van der Waals surface area contributed by atoms with E-state index in [-0.39, 0.29) is 5.91 Å². The number of nitrogens with one attached hydrogen (secondary N) is 1. The van der Waals surface area contributed by atoms with Crippen molar-refractivity contribution in [1.29, 1.82) is 10.5 Å². The van der Waals surface area contributed by atoms with Crippen molar-refractivity contribution < 1.29 is 9.53 Å². The van der Waals surface area contributed by atoms with Crippen LogP contribution in [0.25, 0.3) is 0 Å². The van der Waals surface area contributed by atoms with E-state index in [9.17, 15) is 10.1 Å². The Bertz CT molecular complexity index is 872. The third kappa shape index (κ3) is 3.65. The van der Waals surface area contributed by atoms with E-state index in [0.29, 0.717) is 21.9 Å². The second-order valence-corrected chi connectivity index (χ2v) is 7.02. The number of hydrogen-bond donors (Lipinski definition) is 1. The highest BCUT2D eigenvalue weighted by Crippen LogP contribution is 2.37. The van der Waals surface area contributed by atoms with Crippen LogP contribution in [0.4, 0.5) is 5.00 Å². The average Bonchev–Trinajstić information content (AvgIpc) is 2.99. The molecule has 1 aromatic heterocycles. The molecule has 126 valence electrons. The number of fused-ring (bicyclic) bond motifs is 1. The van der Waals surface area contributed by atoms with Gasteiger partial charge in [-0.15, -0.1) is 11.3 Å². The molecule has 1 amide bonds. The zero-order chi connectivity index (χ0) is 17.8. The smallest absolute Gasteiger partial charge is 0.265 e. The predicted molar refractivity (Wildman–Crippen MR) is 95.6 cm³/mol. The van der Waals surface area contributed by atoms with Crippen LogP contribution in [-0.2, 0) is 17.6 Å². The predicted octanol–water partition coefficient (Wildman–Crippen LogP) is 3.78. The molecule has 1 N–H and O–H groups in total. The number of carbonyl (C=O) groups is 1. The van der Waals surface area contributed by atoms with E-state index in [4.69, 9.17) is 10.00 Å². The molecule has 0 saturated heterocycles. The molecule has 1 aliphatic carbocycles. The Morgan fingerprint density at radius 1 is 1.20 bits per heavy atom. The van der Waals surface area contributed by atoms with E-state index in [0.717, 1.165) is 31.2 Å². The second kappa shape index (κ2) is 7.38.